The molecule has 2 fully saturated rings. The fourth-order valence-electron chi connectivity index (χ4n) is 3.90. The van der Waals surface area contributed by atoms with E-state index in [0.29, 0.717) is 45.6 Å². The Morgan fingerprint density at radius 2 is 1.82 bits per heavy atom. The number of amides is 1. The first kappa shape index (κ1) is 21.1. The molecule has 8 heteroatoms. The molecule has 3 rings (SSSR count). The van der Waals surface area contributed by atoms with E-state index in [1.807, 2.05) is 31.2 Å². The third kappa shape index (κ3) is 5.04. The maximum atomic E-state index is 12.9. The molecule has 0 spiro atoms. The van der Waals surface area contributed by atoms with Gasteiger partial charge in [0.05, 0.1) is 12.5 Å². The number of benzene rings is 1. The van der Waals surface area contributed by atoms with Crippen LogP contribution >= 0.6 is 0 Å². The number of piperidine rings is 2. The zero-order valence-corrected chi connectivity index (χ0v) is 17.4. The Morgan fingerprint density at radius 1 is 1.11 bits per heavy atom. The molecule has 1 aromatic carbocycles. The summed E-state index contributed by atoms with van der Waals surface area (Å²) in [5.41, 5.74) is 0.923. The molecule has 156 valence electrons. The van der Waals surface area contributed by atoms with Crippen molar-refractivity contribution in [3.05, 3.63) is 29.8 Å². The Kier molecular flexibility index (Phi) is 7.31. The highest BCUT2D eigenvalue weighted by Crippen LogP contribution is 2.24. The summed E-state index contributed by atoms with van der Waals surface area (Å²) in [7, 11) is -3.47. The maximum absolute atomic E-state index is 12.9. The smallest absolute Gasteiger partial charge is 0.281 e. The average Bonchev–Trinajstić information content (AvgIpc) is 2.74. The molecular weight excluding hydrogens is 378 g/mol. The molecule has 0 aromatic heterocycles. The van der Waals surface area contributed by atoms with Gasteiger partial charge >= 0.3 is 0 Å². The lowest BCUT2D eigenvalue weighted by Gasteiger charge is -2.36. The van der Waals surface area contributed by atoms with Crippen LogP contribution in [0.4, 0.5) is 0 Å². The Bertz CT molecular complexity index is 762. The summed E-state index contributed by atoms with van der Waals surface area (Å²) >= 11 is 0. The van der Waals surface area contributed by atoms with Crippen molar-refractivity contribution in [2.75, 3.05) is 32.8 Å². The molecule has 28 heavy (non-hydrogen) atoms. The number of hydrogen-bond acceptors (Lipinski definition) is 4. The number of nitrogens with one attached hydrogen (secondary N) is 1. The third-order valence-corrected chi connectivity index (χ3v) is 7.45. The normalized spacial score (nSPS) is 22.0. The monoisotopic (exact) mass is 409 g/mol. The van der Waals surface area contributed by atoms with Gasteiger partial charge in [0.15, 0.2) is 0 Å². The number of nitrogens with zero attached hydrogens (tertiary/aromatic N) is 2. The fraction of sp³-hybridized carbons (Fsp3) is 0.650. The van der Waals surface area contributed by atoms with Crippen molar-refractivity contribution < 1.29 is 17.9 Å². The fourth-order valence-corrected chi connectivity index (χ4v) is 5.67. The Morgan fingerprint density at radius 3 is 2.57 bits per heavy atom. The summed E-state index contributed by atoms with van der Waals surface area (Å²) in [6.07, 6.45) is 4.33. The lowest BCUT2D eigenvalue weighted by molar-refractivity contribution is -0.126. The summed E-state index contributed by atoms with van der Waals surface area (Å²) in [5.74, 6) is 0.362. The Balaban J connectivity index is 1.58. The number of ether oxygens (including phenoxy) is 1. The molecule has 0 saturated carbocycles. The lowest BCUT2D eigenvalue weighted by Crippen LogP contribution is -2.51. The van der Waals surface area contributed by atoms with Gasteiger partial charge in [-0.05, 0) is 38.7 Å². The first-order chi connectivity index (χ1) is 13.5. The van der Waals surface area contributed by atoms with Crippen LogP contribution in [0.5, 0.6) is 5.75 Å². The van der Waals surface area contributed by atoms with E-state index < -0.39 is 10.2 Å². The zero-order valence-electron chi connectivity index (χ0n) is 16.6. The third-order valence-electron chi connectivity index (χ3n) is 5.45. The van der Waals surface area contributed by atoms with Crippen molar-refractivity contribution in [3.8, 4) is 5.75 Å². The van der Waals surface area contributed by atoms with Crippen molar-refractivity contribution in [2.45, 2.75) is 45.6 Å². The SMILES string of the molecule is CCOc1ccccc1CNC(=O)C1CCCN(S(=O)(=O)N2CCCCC2)C1. The van der Waals surface area contributed by atoms with E-state index in [0.717, 1.165) is 30.6 Å². The molecule has 1 atom stereocenters. The predicted molar refractivity (Wildman–Crippen MR) is 108 cm³/mol. The predicted octanol–water partition coefficient (Wildman–Crippen LogP) is 2.14. The van der Waals surface area contributed by atoms with Crippen LogP contribution in [0.1, 0.15) is 44.6 Å². The average molecular weight is 410 g/mol. The topological polar surface area (TPSA) is 79.0 Å². The van der Waals surface area contributed by atoms with Gasteiger partial charge in [0.2, 0.25) is 5.91 Å². The molecule has 2 aliphatic rings. The first-order valence-electron chi connectivity index (χ1n) is 10.3. The van der Waals surface area contributed by atoms with Crippen molar-refractivity contribution in [2.24, 2.45) is 5.92 Å². The number of para-hydroxylation sites is 1. The molecule has 1 aromatic rings. The number of hydrogen-bond donors (Lipinski definition) is 1. The minimum atomic E-state index is -3.47. The van der Waals surface area contributed by atoms with Crippen LogP contribution in [-0.4, -0.2) is 55.7 Å². The van der Waals surface area contributed by atoms with E-state index in [4.69, 9.17) is 4.74 Å². The maximum Gasteiger partial charge on any atom is 0.281 e. The van der Waals surface area contributed by atoms with Gasteiger partial charge in [0.25, 0.3) is 10.2 Å². The van der Waals surface area contributed by atoms with E-state index in [1.165, 1.54) is 4.31 Å². The second-order valence-corrected chi connectivity index (χ2v) is 9.35. The number of carbonyl (C=O) groups is 1. The van der Waals surface area contributed by atoms with Gasteiger partial charge in [0.1, 0.15) is 5.75 Å². The van der Waals surface area contributed by atoms with Crippen molar-refractivity contribution >= 4 is 16.1 Å². The van der Waals surface area contributed by atoms with Crippen molar-refractivity contribution in [1.29, 1.82) is 0 Å². The molecule has 2 aliphatic heterocycles. The lowest BCUT2D eigenvalue weighted by atomic mass is 9.98. The summed E-state index contributed by atoms with van der Waals surface area (Å²) in [6, 6.07) is 7.64. The highest BCUT2D eigenvalue weighted by molar-refractivity contribution is 7.86. The van der Waals surface area contributed by atoms with Crippen LogP contribution in [0.15, 0.2) is 24.3 Å². The van der Waals surface area contributed by atoms with Crippen LogP contribution in [0.3, 0.4) is 0 Å². The van der Waals surface area contributed by atoms with Gasteiger partial charge in [-0.3, -0.25) is 4.79 Å². The van der Waals surface area contributed by atoms with Gasteiger partial charge in [-0.2, -0.15) is 17.0 Å². The number of carbonyl (C=O) groups excluding carboxylic acids is 1. The largest absolute Gasteiger partial charge is 0.494 e. The standard InChI is InChI=1S/C20H31N3O4S/c1-2-27-19-11-5-4-9-17(19)15-21-20(24)18-10-8-14-23(16-18)28(25,26)22-12-6-3-7-13-22/h4-5,9,11,18H,2-3,6-8,10,12-16H2,1H3,(H,21,24). The molecule has 1 N–H and O–H groups in total. The number of rotatable bonds is 7. The van der Waals surface area contributed by atoms with Crippen molar-refractivity contribution in [3.63, 3.8) is 0 Å². The van der Waals surface area contributed by atoms with E-state index in [-0.39, 0.29) is 18.4 Å². The van der Waals surface area contributed by atoms with Gasteiger partial charge < -0.3 is 10.1 Å². The molecule has 7 nitrogen and oxygen atoms in total. The van der Waals surface area contributed by atoms with Crippen LogP contribution in [-0.2, 0) is 21.5 Å². The molecule has 1 unspecified atom stereocenters. The van der Waals surface area contributed by atoms with Crippen molar-refractivity contribution in [1.82, 2.24) is 13.9 Å². The molecule has 0 radical (unpaired) electrons. The molecule has 0 bridgehead atoms. The van der Waals surface area contributed by atoms with Gasteiger partial charge in [0, 0.05) is 38.3 Å². The highest BCUT2D eigenvalue weighted by Gasteiger charge is 2.36. The van der Waals surface area contributed by atoms with Crippen LogP contribution in [0, 0.1) is 5.92 Å². The minimum absolute atomic E-state index is 0.0927. The van der Waals surface area contributed by atoms with E-state index in [9.17, 15) is 13.2 Å². The Hall–Kier alpha value is -1.64. The Labute approximate surface area is 168 Å². The second-order valence-electron chi connectivity index (χ2n) is 7.42. The zero-order chi connectivity index (χ0) is 20.0. The van der Waals surface area contributed by atoms with Crippen LogP contribution in [0.2, 0.25) is 0 Å². The molecule has 0 aliphatic carbocycles. The minimum Gasteiger partial charge on any atom is -0.494 e. The summed E-state index contributed by atoms with van der Waals surface area (Å²) in [6.45, 7) is 4.80. The summed E-state index contributed by atoms with van der Waals surface area (Å²) < 4.78 is 34.5. The summed E-state index contributed by atoms with van der Waals surface area (Å²) in [5, 5.41) is 2.96. The molecule has 2 saturated heterocycles. The molecular formula is C20H31N3O4S. The summed E-state index contributed by atoms with van der Waals surface area (Å²) in [4.78, 5) is 12.7. The van der Waals surface area contributed by atoms with Gasteiger partial charge in [-0.15, -0.1) is 0 Å². The van der Waals surface area contributed by atoms with Crippen LogP contribution in [0.25, 0.3) is 0 Å². The van der Waals surface area contributed by atoms with Crippen LogP contribution < -0.4 is 10.1 Å². The van der Waals surface area contributed by atoms with Gasteiger partial charge in [-0.25, -0.2) is 0 Å². The molecule has 1 amide bonds. The quantitative estimate of drug-likeness (QED) is 0.748. The van der Waals surface area contributed by atoms with Gasteiger partial charge in [-0.1, -0.05) is 24.6 Å². The first-order valence-corrected chi connectivity index (χ1v) is 11.7. The second kappa shape index (κ2) is 9.71. The van der Waals surface area contributed by atoms with E-state index in [2.05, 4.69) is 5.32 Å². The van der Waals surface area contributed by atoms with E-state index >= 15 is 0 Å². The highest BCUT2D eigenvalue weighted by atomic mass is 32.2. The molecule has 2 heterocycles. The van der Waals surface area contributed by atoms with E-state index in [1.54, 1.807) is 4.31 Å².